The van der Waals surface area contributed by atoms with E-state index in [1.807, 2.05) is 0 Å². The van der Waals surface area contributed by atoms with Crippen LogP contribution < -0.4 is 0 Å². The predicted octanol–water partition coefficient (Wildman–Crippen LogP) is 1.43. The van der Waals surface area contributed by atoms with Crippen molar-refractivity contribution >= 4 is 18.9 Å². The summed E-state index contributed by atoms with van der Waals surface area (Å²) in [6.45, 7) is 0. The maximum atomic E-state index is 5.18. The first-order valence-electron chi connectivity index (χ1n) is 2.89. The van der Waals surface area contributed by atoms with Crippen molar-refractivity contribution in [1.82, 2.24) is 0 Å². The van der Waals surface area contributed by atoms with Crippen LogP contribution in [0, 0.1) is 18.3 Å². The fraction of sp³-hybridized carbons (Fsp3) is 0.714. The van der Waals surface area contributed by atoms with Crippen LogP contribution in [-0.2, 0) is 0 Å². The second-order valence-electron chi connectivity index (χ2n) is 2.15. The minimum absolute atomic E-state index is 0. The van der Waals surface area contributed by atoms with Crippen LogP contribution in [0.15, 0.2) is 0 Å². The third-order valence-electron chi connectivity index (χ3n) is 1.59. The second-order valence-corrected chi connectivity index (χ2v) is 2.15. The fourth-order valence-corrected chi connectivity index (χ4v) is 1.09. The summed E-state index contributed by atoms with van der Waals surface area (Å²) < 4.78 is 0. The van der Waals surface area contributed by atoms with Crippen molar-refractivity contribution in [2.75, 3.05) is 0 Å². The van der Waals surface area contributed by atoms with E-state index in [4.69, 9.17) is 6.42 Å². The van der Waals surface area contributed by atoms with Crippen molar-refractivity contribution in [2.45, 2.75) is 25.7 Å². The molecule has 1 aliphatic carbocycles. The third-order valence-corrected chi connectivity index (χ3v) is 1.59. The summed E-state index contributed by atoms with van der Waals surface area (Å²) >= 11 is 0. The minimum Gasteiger partial charge on any atom is -0.120 e. The summed E-state index contributed by atoms with van der Waals surface area (Å²) in [7, 11) is 0. The van der Waals surface area contributed by atoms with E-state index in [0.717, 1.165) is 0 Å². The Bertz CT molecular complexity index is 85.1. The Morgan fingerprint density at radius 3 is 2.00 bits per heavy atom. The third kappa shape index (κ3) is 1.95. The largest absolute Gasteiger partial charge is 0.120 e. The molecule has 0 aromatic rings. The number of rotatable bonds is 0. The van der Waals surface area contributed by atoms with Gasteiger partial charge in [-0.3, -0.25) is 0 Å². The Balaban J connectivity index is 0.000000490. The predicted molar refractivity (Wildman–Crippen MR) is 36.5 cm³/mol. The Kier molecular flexibility index (Phi) is 4.16. The number of hydrogen-bond acceptors (Lipinski definition) is 0. The standard InChI is InChI=1S/C7H10.Li/c1-2-7-5-3-4-6-7;/h1,7H,3-6H2;. The van der Waals surface area contributed by atoms with E-state index in [9.17, 15) is 0 Å². The van der Waals surface area contributed by atoms with Crippen LogP contribution in [-0.4, -0.2) is 18.9 Å². The quantitative estimate of drug-likeness (QED) is 0.320. The molecule has 0 bridgehead atoms. The molecule has 0 aliphatic heterocycles. The summed E-state index contributed by atoms with van der Waals surface area (Å²) in [5, 5.41) is 0. The van der Waals surface area contributed by atoms with E-state index >= 15 is 0 Å². The van der Waals surface area contributed by atoms with Crippen LogP contribution in [0.4, 0.5) is 0 Å². The fourth-order valence-electron chi connectivity index (χ4n) is 1.09. The van der Waals surface area contributed by atoms with Crippen LogP contribution in [0.1, 0.15) is 25.7 Å². The van der Waals surface area contributed by atoms with Gasteiger partial charge in [0, 0.05) is 24.8 Å². The average molecular weight is 101 g/mol. The van der Waals surface area contributed by atoms with E-state index in [1.165, 1.54) is 25.7 Å². The van der Waals surface area contributed by atoms with Crippen molar-refractivity contribution < 1.29 is 0 Å². The Labute approximate surface area is 63.2 Å². The first kappa shape index (κ1) is 8.16. The zero-order valence-corrected chi connectivity index (χ0v) is 5.48. The molecule has 1 heteroatoms. The Morgan fingerprint density at radius 1 is 1.25 bits per heavy atom. The van der Waals surface area contributed by atoms with Crippen molar-refractivity contribution in [3.8, 4) is 12.3 Å². The van der Waals surface area contributed by atoms with Crippen LogP contribution in [0.5, 0.6) is 0 Å². The molecule has 0 nitrogen and oxygen atoms in total. The molecule has 0 heterocycles. The van der Waals surface area contributed by atoms with E-state index in [-0.39, 0.29) is 18.9 Å². The summed E-state index contributed by atoms with van der Waals surface area (Å²) in [4.78, 5) is 0. The molecule has 1 saturated carbocycles. The average Bonchev–Trinajstić information content (AvgIpc) is 2.14. The molecule has 0 N–H and O–H groups in total. The van der Waals surface area contributed by atoms with Gasteiger partial charge < -0.3 is 0 Å². The maximum Gasteiger partial charge on any atom is 0.0200 e. The summed E-state index contributed by atoms with van der Waals surface area (Å²) in [5.74, 6) is 3.39. The van der Waals surface area contributed by atoms with Gasteiger partial charge in [-0.15, -0.1) is 12.3 Å². The van der Waals surface area contributed by atoms with Gasteiger partial charge in [-0.25, -0.2) is 0 Å². The summed E-state index contributed by atoms with van der Waals surface area (Å²) in [6.07, 6.45) is 10.4. The maximum absolute atomic E-state index is 5.18. The van der Waals surface area contributed by atoms with Crippen LogP contribution in [0.3, 0.4) is 0 Å². The Hall–Kier alpha value is 0.157. The molecule has 8 heavy (non-hydrogen) atoms. The molecule has 0 unspecified atom stereocenters. The van der Waals surface area contributed by atoms with E-state index in [1.54, 1.807) is 0 Å². The van der Waals surface area contributed by atoms with E-state index < -0.39 is 0 Å². The second kappa shape index (κ2) is 4.08. The molecule has 1 rings (SSSR count). The number of terminal acetylenes is 1. The molecule has 0 amide bonds. The molecule has 0 atom stereocenters. The first-order valence-corrected chi connectivity index (χ1v) is 2.89. The molecule has 0 spiro atoms. The molecule has 1 radical (unpaired) electrons. The monoisotopic (exact) mass is 101 g/mol. The van der Waals surface area contributed by atoms with Gasteiger partial charge in [0.05, 0.1) is 0 Å². The minimum atomic E-state index is 0. The molecule has 1 fully saturated rings. The zero-order valence-electron chi connectivity index (χ0n) is 5.48. The van der Waals surface area contributed by atoms with Crippen LogP contribution in [0.25, 0.3) is 0 Å². The molecule has 39 valence electrons. The van der Waals surface area contributed by atoms with Gasteiger partial charge >= 0.3 is 0 Å². The van der Waals surface area contributed by atoms with Crippen molar-refractivity contribution in [3.63, 3.8) is 0 Å². The summed E-state index contributed by atoms with van der Waals surface area (Å²) in [5.41, 5.74) is 0. The Morgan fingerprint density at radius 2 is 1.75 bits per heavy atom. The smallest absolute Gasteiger partial charge is 0.0200 e. The zero-order chi connectivity index (χ0) is 5.11. The van der Waals surface area contributed by atoms with Crippen molar-refractivity contribution in [2.24, 2.45) is 5.92 Å². The van der Waals surface area contributed by atoms with Gasteiger partial charge in [-0.1, -0.05) is 12.8 Å². The SMILES string of the molecule is C#CC1CCCC1.[Li]. The van der Waals surface area contributed by atoms with Gasteiger partial charge in [-0.05, 0) is 12.8 Å². The molecule has 0 aromatic heterocycles. The molecular weight excluding hydrogens is 91.0 g/mol. The van der Waals surface area contributed by atoms with Gasteiger partial charge in [0.15, 0.2) is 0 Å². The van der Waals surface area contributed by atoms with Crippen molar-refractivity contribution in [1.29, 1.82) is 0 Å². The molecule has 0 aromatic carbocycles. The van der Waals surface area contributed by atoms with E-state index in [0.29, 0.717) is 5.92 Å². The molecule has 0 saturated heterocycles. The number of hydrogen-bond donors (Lipinski definition) is 0. The van der Waals surface area contributed by atoms with Gasteiger partial charge in [0.1, 0.15) is 0 Å². The van der Waals surface area contributed by atoms with E-state index in [2.05, 4.69) is 5.92 Å². The van der Waals surface area contributed by atoms with Crippen molar-refractivity contribution in [3.05, 3.63) is 0 Å². The van der Waals surface area contributed by atoms with Gasteiger partial charge in [-0.2, -0.15) is 0 Å². The topological polar surface area (TPSA) is 0 Å². The molecule has 1 aliphatic rings. The normalized spacial score (nSPS) is 19.4. The first-order chi connectivity index (χ1) is 3.43. The van der Waals surface area contributed by atoms with Crippen LogP contribution in [0.2, 0.25) is 0 Å². The van der Waals surface area contributed by atoms with Crippen LogP contribution >= 0.6 is 0 Å². The van der Waals surface area contributed by atoms with Gasteiger partial charge in [0.25, 0.3) is 0 Å². The van der Waals surface area contributed by atoms with Gasteiger partial charge in [0.2, 0.25) is 0 Å². The summed E-state index contributed by atoms with van der Waals surface area (Å²) in [6, 6.07) is 0. The molecular formula is C7H10Li.